The minimum Gasteiger partial charge on any atom is -0.481 e. The highest BCUT2D eigenvalue weighted by Crippen LogP contribution is 2.19. The highest BCUT2D eigenvalue weighted by molar-refractivity contribution is 5.66. The number of aromatic nitrogens is 2. The molecule has 2 rings (SSSR count). The number of nitrogens with zero attached hydrogens (tertiary/aromatic N) is 3. The third kappa shape index (κ3) is 3.80. The lowest BCUT2D eigenvalue weighted by Crippen LogP contribution is -2.43. The molecule has 1 aromatic heterocycles. The molecule has 5 heteroatoms. The second kappa shape index (κ2) is 6.19. The third-order valence-corrected chi connectivity index (χ3v) is 3.85. The molecule has 0 aliphatic carbocycles. The van der Waals surface area contributed by atoms with E-state index in [0.29, 0.717) is 12.6 Å². The Morgan fingerprint density at radius 2 is 2.26 bits per heavy atom. The molecular formula is C14H23N3O2. The van der Waals surface area contributed by atoms with Crippen molar-refractivity contribution in [3.8, 4) is 0 Å². The Labute approximate surface area is 114 Å². The van der Waals surface area contributed by atoms with Crippen molar-refractivity contribution in [2.45, 2.75) is 52.1 Å². The summed E-state index contributed by atoms with van der Waals surface area (Å²) in [5, 5.41) is 13.3. The van der Waals surface area contributed by atoms with Gasteiger partial charge in [-0.1, -0.05) is 6.42 Å². The van der Waals surface area contributed by atoms with Gasteiger partial charge in [-0.2, -0.15) is 5.10 Å². The first-order valence-electron chi connectivity index (χ1n) is 7.03. The summed E-state index contributed by atoms with van der Waals surface area (Å²) < 4.78 is 2.05. The summed E-state index contributed by atoms with van der Waals surface area (Å²) in [6.45, 7) is 6.62. The monoisotopic (exact) mass is 265 g/mol. The molecular weight excluding hydrogens is 242 g/mol. The van der Waals surface area contributed by atoms with Gasteiger partial charge >= 0.3 is 5.97 Å². The van der Waals surface area contributed by atoms with Crippen LogP contribution in [0.5, 0.6) is 0 Å². The zero-order chi connectivity index (χ0) is 13.8. The van der Waals surface area contributed by atoms with Gasteiger partial charge in [-0.15, -0.1) is 0 Å². The smallest absolute Gasteiger partial charge is 0.304 e. The van der Waals surface area contributed by atoms with Gasteiger partial charge in [0.25, 0.3) is 0 Å². The fourth-order valence-electron chi connectivity index (χ4n) is 2.86. The molecule has 0 amide bonds. The summed E-state index contributed by atoms with van der Waals surface area (Å²) >= 11 is 0. The van der Waals surface area contributed by atoms with Gasteiger partial charge in [-0.25, -0.2) is 0 Å². The van der Waals surface area contributed by atoms with Crippen LogP contribution in [0.25, 0.3) is 0 Å². The molecule has 0 radical (unpaired) electrons. The Morgan fingerprint density at radius 1 is 1.47 bits per heavy atom. The number of hydrogen-bond acceptors (Lipinski definition) is 3. The van der Waals surface area contributed by atoms with Gasteiger partial charge in [-0.05, 0) is 39.3 Å². The van der Waals surface area contributed by atoms with Crippen LogP contribution in [-0.2, 0) is 11.3 Å². The number of carboxylic acids is 1. The van der Waals surface area contributed by atoms with Crippen LogP contribution < -0.4 is 0 Å². The van der Waals surface area contributed by atoms with E-state index in [-0.39, 0.29) is 6.42 Å². The van der Waals surface area contributed by atoms with E-state index >= 15 is 0 Å². The average Bonchev–Trinajstić information content (AvgIpc) is 2.67. The van der Waals surface area contributed by atoms with Crippen LogP contribution >= 0.6 is 0 Å². The zero-order valence-electron chi connectivity index (χ0n) is 11.8. The standard InChI is InChI=1S/C14H23N3O2/c1-11-9-12(2)17(15-11)10-13-5-3-4-7-16(13)8-6-14(18)19/h9,13H,3-8,10H2,1-2H3,(H,18,19). The van der Waals surface area contributed by atoms with E-state index in [1.165, 1.54) is 18.5 Å². The number of aryl methyl sites for hydroxylation is 2. The van der Waals surface area contributed by atoms with Gasteiger partial charge in [0, 0.05) is 18.3 Å². The van der Waals surface area contributed by atoms with Crippen LogP contribution in [0.4, 0.5) is 0 Å². The number of likely N-dealkylation sites (tertiary alicyclic amines) is 1. The highest BCUT2D eigenvalue weighted by Gasteiger charge is 2.23. The van der Waals surface area contributed by atoms with Crippen LogP contribution in [0.1, 0.15) is 37.1 Å². The van der Waals surface area contributed by atoms with Crippen molar-refractivity contribution in [2.75, 3.05) is 13.1 Å². The lowest BCUT2D eigenvalue weighted by atomic mass is 10.0. The van der Waals surface area contributed by atoms with Crippen molar-refractivity contribution in [3.63, 3.8) is 0 Å². The fourth-order valence-corrected chi connectivity index (χ4v) is 2.86. The number of hydrogen-bond donors (Lipinski definition) is 1. The van der Waals surface area contributed by atoms with Crippen molar-refractivity contribution >= 4 is 5.97 Å². The molecule has 1 aliphatic rings. The molecule has 0 bridgehead atoms. The molecule has 1 aliphatic heterocycles. The van der Waals surface area contributed by atoms with E-state index in [9.17, 15) is 4.79 Å². The maximum Gasteiger partial charge on any atom is 0.304 e. The predicted octanol–water partition coefficient (Wildman–Crippen LogP) is 1.83. The molecule has 19 heavy (non-hydrogen) atoms. The second-order valence-corrected chi connectivity index (χ2v) is 5.44. The number of carboxylic acid groups (broad SMARTS) is 1. The Morgan fingerprint density at radius 3 is 2.89 bits per heavy atom. The summed E-state index contributed by atoms with van der Waals surface area (Å²) in [6.07, 6.45) is 3.77. The number of rotatable bonds is 5. The van der Waals surface area contributed by atoms with Crippen LogP contribution in [0, 0.1) is 13.8 Å². The Kier molecular flexibility index (Phi) is 4.58. The van der Waals surface area contributed by atoms with Crippen LogP contribution in [0.3, 0.4) is 0 Å². The molecule has 5 nitrogen and oxygen atoms in total. The Bertz CT molecular complexity index is 442. The first-order chi connectivity index (χ1) is 9.06. The third-order valence-electron chi connectivity index (χ3n) is 3.85. The summed E-state index contributed by atoms with van der Waals surface area (Å²) in [7, 11) is 0. The van der Waals surface area contributed by atoms with Crippen molar-refractivity contribution in [3.05, 3.63) is 17.5 Å². The van der Waals surface area contributed by atoms with Crippen LogP contribution in [0.15, 0.2) is 6.07 Å². The lowest BCUT2D eigenvalue weighted by molar-refractivity contribution is -0.137. The maximum atomic E-state index is 10.7. The SMILES string of the molecule is Cc1cc(C)n(CC2CCCCN2CCC(=O)O)n1. The van der Waals surface area contributed by atoms with Crippen LogP contribution in [0.2, 0.25) is 0 Å². The van der Waals surface area contributed by atoms with Crippen LogP contribution in [-0.4, -0.2) is 44.9 Å². The number of carbonyl (C=O) groups is 1. The fraction of sp³-hybridized carbons (Fsp3) is 0.714. The van der Waals surface area contributed by atoms with Crippen molar-refractivity contribution in [2.24, 2.45) is 0 Å². The first-order valence-corrected chi connectivity index (χ1v) is 7.03. The molecule has 2 heterocycles. The summed E-state index contributed by atoms with van der Waals surface area (Å²) in [6, 6.07) is 2.51. The molecule has 1 saturated heterocycles. The van der Waals surface area contributed by atoms with E-state index in [2.05, 4.69) is 27.7 Å². The molecule has 106 valence electrons. The molecule has 1 aromatic rings. The van der Waals surface area contributed by atoms with E-state index in [0.717, 1.165) is 25.2 Å². The first kappa shape index (κ1) is 14.1. The summed E-state index contributed by atoms with van der Waals surface area (Å²) in [5.41, 5.74) is 2.23. The largest absolute Gasteiger partial charge is 0.481 e. The van der Waals surface area contributed by atoms with E-state index in [1.54, 1.807) is 0 Å². The topological polar surface area (TPSA) is 58.4 Å². The Balaban J connectivity index is 1.99. The minimum absolute atomic E-state index is 0.230. The second-order valence-electron chi connectivity index (χ2n) is 5.44. The highest BCUT2D eigenvalue weighted by atomic mass is 16.4. The normalized spacial score (nSPS) is 20.6. The van der Waals surface area contributed by atoms with Gasteiger partial charge in [-0.3, -0.25) is 14.4 Å². The number of piperidine rings is 1. The molecule has 1 fully saturated rings. The Hall–Kier alpha value is -1.36. The van der Waals surface area contributed by atoms with Crippen molar-refractivity contribution in [1.29, 1.82) is 0 Å². The van der Waals surface area contributed by atoms with Gasteiger partial charge in [0.15, 0.2) is 0 Å². The average molecular weight is 265 g/mol. The number of aliphatic carboxylic acids is 1. The molecule has 0 saturated carbocycles. The quantitative estimate of drug-likeness (QED) is 0.882. The summed E-state index contributed by atoms with van der Waals surface area (Å²) in [5.74, 6) is -0.713. The molecule has 0 spiro atoms. The van der Waals surface area contributed by atoms with Gasteiger partial charge in [0.05, 0.1) is 18.7 Å². The van der Waals surface area contributed by atoms with Gasteiger partial charge in [0.2, 0.25) is 0 Å². The van der Waals surface area contributed by atoms with Crippen molar-refractivity contribution < 1.29 is 9.90 Å². The minimum atomic E-state index is -0.713. The van der Waals surface area contributed by atoms with E-state index in [4.69, 9.17) is 5.11 Å². The maximum absolute atomic E-state index is 10.7. The zero-order valence-corrected chi connectivity index (χ0v) is 11.8. The van der Waals surface area contributed by atoms with E-state index < -0.39 is 5.97 Å². The predicted molar refractivity (Wildman–Crippen MR) is 73.2 cm³/mol. The summed E-state index contributed by atoms with van der Waals surface area (Å²) in [4.78, 5) is 13.0. The molecule has 1 N–H and O–H groups in total. The van der Waals surface area contributed by atoms with E-state index in [1.807, 2.05) is 6.92 Å². The van der Waals surface area contributed by atoms with Gasteiger partial charge in [0.1, 0.15) is 0 Å². The molecule has 0 aromatic carbocycles. The van der Waals surface area contributed by atoms with Crippen molar-refractivity contribution in [1.82, 2.24) is 14.7 Å². The lowest BCUT2D eigenvalue weighted by Gasteiger charge is -2.35. The molecule has 1 atom stereocenters. The molecule has 1 unspecified atom stereocenters. The van der Waals surface area contributed by atoms with Gasteiger partial charge < -0.3 is 5.11 Å².